The summed E-state index contributed by atoms with van der Waals surface area (Å²) >= 11 is 0. The van der Waals surface area contributed by atoms with E-state index in [0.717, 1.165) is 0 Å². The fraction of sp³-hybridized carbons (Fsp3) is 0.800. The summed E-state index contributed by atoms with van der Waals surface area (Å²) in [6.45, 7) is 0. The molecule has 0 radical (unpaired) electrons. The molecule has 0 spiro atoms. The van der Waals surface area contributed by atoms with Gasteiger partial charge in [0, 0.05) is 4.91 Å². The standard InChI is InChI=1S/C5F8N4/c6-2(7)1(16-17-14)15-5(12,13)4(10,11)3(2,8)9. The highest BCUT2D eigenvalue weighted by Crippen LogP contribution is 2.56. The summed E-state index contributed by atoms with van der Waals surface area (Å²) in [5.74, 6) is -21.3. The van der Waals surface area contributed by atoms with Gasteiger partial charge < -0.3 is 0 Å². The van der Waals surface area contributed by atoms with Crippen LogP contribution in [0.3, 0.4) is 0 Å². The summed E-state index contributed by atoms with van der Waals surface area (Å²) in [5.41, 5.74) is 7.69. The van der Waals surface area contributed by atoms with E-state index in [1.54, 1.807) is 5.11 Å². The number of alkyl halides is 8. The van der Waals surface area contributed by atoms with Gasteiger partial charge in [-0.1, -0.05) is 0 Å². The molecule has 0 saturated heterocycles. The van der Waals surface area contributed by atoms with Crippen molar-refractivity contribution in [1.82, 2.24) is 0 Å². The first kappa shape index (κ1) is 13.5. The third-order valence-electron chi connectivity index (χ3n) is 1.83. The third-order valence-corrected chi connectivity index (χ3v) is 1.83. The minimum Gasteiger partial charge on any atom is -0.207 e. The van der Waals surface area contributed by atoms with Crippen LogP contribution < -0.4 is 0 Å². The Morgan fingerprint density at radius 3 is 1.82 bits per heavy atom. The molecule has 0 saturated carbocycles. The van der Waals surface area contributed by atoms with Crippen LogP contribution in [0.4, 0.5) is 35.1 Å². The monoisotopic (exact) mass is 268 g/mol. The van der Waals surface area contributed by atoms with Crippen LogP contribution in [-0.4, -0.2) is 29.6 Å². The van der Waals surface area contributed by atoms with E-state index < -0.39 is 29.6 Å². The third kappa shape index (κ3) is 1.43. The summed E-state index contributed by atoms with van der Waals surface area (Å²) in [6.07, 6.45) is 0. The van der Waals surface area contributed by atoms with Crippen molar-refractivity contribution < 1.29 is 35.1 Å². The van der Waals surface area contributed by atoms with E-state index in [9.17, 15) is 35.1 Å². The van der Waals surface area contributed by atoms with Crippen molar-refractivity contribution in [1.29, 1.82) is 0 Å². The van der Waals surface area contributed by atoms with E-state index in [1.165, 1.54) is 9.90 Å². The molecule has 0 aromatic carbocycles. The first-order chi connectivity index (χ1) is 7.42. The van der Waals surface area contributed by atoms with Gasteiger partial charge in [-0.2, -0.15) is 35.1 Å². The second kappa shape index (κ2) is 3.22. The van der Waals surface area contributed by atoms with Crippen molar-refractivity contribution in [2.24, 2.45) is 10.1 Å². The Morgan fingerprint density at radius 2 is 1.41 bits per heavy atom. The Bertz CT molecular complexity index is 420. The van der Waals surface area contributed by atoms with Gasteiger partial charge in [-0.05, 0) is 10.6 Å². The number of halogens is 8. The molecule has 0 fully saturated rings. The Labute approximate surface area is 86.5 Å². The van der Waals surface area contributed by atoms with Gasteiger partial charge in [0.1, 0.15) is 0 Å². The predicted octanol–water partition coefficient (Wildman–Crippen LogP) is 3.21. The van der Waals surface area contributed by atoms with Gasteiger partial charge in [0.2, 0.25) is 0 Å². The molecular weight excluding hydrogens is 268 g/mol. The smallest absolute Gasteiger partial charge is 0.207 e. The maximum absolute atomic E-state index is 12.7. The van der Waals surface area contributed by atoms with Crippen LogP contribution in [0, 0.1) is 0 Å². The number of rotatable bonds is 0. The molecule has 1 aliphatic rings. The van der Waals surface area contributed by atoms with Gasteiger partial charge in [0.05, 0.1) is 0 Å². The molecule has 17 heavy (non-hydrogen) atoms. The zero-order valence-corrected chi connectivity index (χ0v) is 7.31. The maximum atomic E-state index is 12.7. The van der Waals surface area contributed by atoms with E-state index in [4.69, 9.17) is 5.53 Å². The van der Waals surface area contributed by atoms with E-state index in [-0.39, 0.29) is 0 Å². The number of hydrogen-bond acceptors (Lipinski definition) is 2. The van der Waals surface area contributed by atoms with Gasteiger partial charge in [0.25, 0.3) is 0 Å². The summed E-state index contributed by atoms with van der Waals surface area (Å²) in [6, 6.07) is -5.80. The Hall–Kier alpha value is -1.58. The lowest BCUT2D eigenvalue weighted by atomic mass is 9.98. The minimum absolute atomic E-state index is 1.39. The molecule has 1 aliphatic heterocycles. The lowest BCUT2D eigenvalue weighted by Gasteiger charge is -2.38. The molecule has 0 amide bonds. The van der Waals surface area contributed by atoms with Crippen LogP contribution >= 0.6 is 0 Å². The fourth-order valence-electron chi connectivity index (χ4n) is 0.927. The quantitative estimate of drug-likeness (QED) is 0.213. The number of aliphatic imine (C=N–C) groups is 1. The number of hydrogen-bond donors (Lipinski definition) is 0. The van der Waals surface area contributed by atoms with E-state index in [2.05, 4.69) is 0 Å². The Balaban J connectivity index is 3.60. The SMILES string of the molecule is [N-]=[N+]=NC1=NC(F)(F)C(F)(F)C(F)(F)C1(F)F. The van der Waals surface area contributed by atoms with Crippen molar-refractivity contribution in [3.05, 3.63) is 10.4 Å². The van der Waals surface area contributed by atoms with Crippen molar-refractivity contribution >= 4 is 5.84 Å². The topological polar surface area (TPSA) is 61.1 Å². The lowest BCUT2D eigenvalue weighted by Crippen LogP contribution is -2.67. The van der Waals surface area contributed by atoms with Gasteiger partial charge in [-0.3, -0.25) is 0 Å². The highest BCUT2D eigenvalue weighted by Gasteiger charge is 2.85. The minimum atomic E-state index is -6.44. The van der Waals surface area contributed by atoms with Gasteiger partial charge in [-0.15, -0.1) is 0 Å². The average Bonchev–Trinajstić information content (AvgIpc) is 2.14. The first-order valence-corrected chi connectivity index (χ1v) is 3.58. The zero-order valence-electron chi connectivity index (χ0n) is 7.31. The molecule has 0 aromatic heterocycles. The molecule has 0 bridgehead atoms. The van der Waals surface area contributed by atoms with Crippen LogP contribution in [-0.2, 0) is 0 Å². The summed E-state index contributed by atoms with van der Waals surface area (Å²) in [7, 11) is 0. The molecule has 0 aliphatic carbocycles. The second-order valence-corrected chi connectivity index (χ2v) is 2.89. The van der Waals surface area contributed by atoms with Crippen molar-refractivity contribution in [2.45, 2.75) is 23.8 Å². The zero-order chi connectivity index (χ0) is 13.7. The molecular formula is C5F8N4. The summed E-state index contributed by atoms with van der Waals surface area (Å²) < 4.78 is 100. The average molecular weight is 268 g/mol. The van der Waals surface area contributed by atoms with Crippen molar-refractivity contribution in [3.63, 3.8) is 0 Å². The molecule has 1 rings (SSSR count). The number of nitrogens with zero attached hydrogens (tertiary/aromatic N) is 4. The van der Waals surface area contributed by atoms with Crippen LogP contribution in [0.1, 0.15) is 0 Å². The van der Waals surface area contributed by atoms with Gasteiger partial charge in [-0.25, -0.2) is 4.99 Å². The van der Waals surface area contributed by atoms with Crippen molar-refractivity contribution in [3.8, 4) is 0 Å². The molecule has 4 nitrogen and oxygen atoms in total. The van der Waals surface area contributed by atoms with Crippen LogP contribution in [0.5, 0.6) is 0 Å². The Kier molecular flexibility index (Phi) is 2.55. The summed E-state index contributed by atoms with van der Waals surface area (Å²) in [5, 5.41) is 1.78. The van der Waals surface area contributed by atoms with E-state index >= 15 is 0 Å². The molecule has 0 N–H and O–H groups in total. The normalized spacial score (nSPS) is 27.9. The maximum Gasteiger partial charge on any atom is 0.411 e. The van der Waals surface area contributed by atoms with Crippen molar-refractivity contribution in [2.75, 3.05) is 0 Å². The number of amidine groups is 1. The molecule has 12 heteroatoms. The van der Waals surface area contributed by atoms with Gasteiger partial charge in [0.15, 0.2) is 5.84 Å². The molecule has 0 atom stereocenters. The molecule has 96 valence electrons. The largest absolute Gasteiger partial charge is 0.411 e. The van der Waals surface area contributed by atoms with Crippen LogP contribution in [0.2, 0.25) is 0 Å². The summed E-state index contributed by atoms with van der Waals surface area (Å²) in [4.78, 5) is 2.92. The lowest BCUT2D eigenvalue weighted by molar-refractivity contribution is -0.357. The highest BCUT2D eigenvalue weighted by molar-refractivity contribution is 5.92. The Morgan fingerprint density at radius 1 is 0.941 bits per heavy atom. The second-order valence-electron chi connectivity index (χ2n) is 2.89. The highest BCUT2D eigenvalue weighted by atomic mass is 19.4. The number of azide groups is 1. The molecule has 0 unspecified atom stereocenters. The fourth-order valence-corrected chi connectivity index (χ4v) is 0.927. The van der Waals surface area contributed by atoms with Gasteiger partial charge >= 0.3 is 23.8 Å². The van der Waals surface area contributed by atoms with E-state index in [0.29, 0.717) is 0 Å². The molecule has 1 heterocycles. The first-order valence-electron chi connectivity index (χ1n) is 3.58. The van der Waals surface area contributed by atoms with Crippen LogP contribution in [0.15, 0.2) is 10.1 Å². The van der Waals surface area contributed by atoms with E-state index in [1.807, 2.05) is 0 Å². The molecule has 0 aromatic rings. The van der Waals surface area contributed by atoms with Crippen LogP contribution in [0.25, 0.3) is 10.4 Å². The predicted molar refractivity (Wildman–Crippen MR) is 36.4 cm³/mol.